The van der Waals surface area contributed by atoms with E-state index in [-0.39, 0.29) is 23.5 Å². The van der Waals surface area contributed by atoms with E-state index in [1.165, 1.54) is 0 Å². The minimum absolute atomic E-state index is 0.204. The summed E-state index contributed by atoms with van der Waals surface area (Å²) in [6, 6.07) is 5.47. The molecule has 0 spiro atoms. The van der Waals surface area contributed by atoms with Crippen molar-refractivity contribution in [2.24, 2.45) is 5.92 Å². The Labute approximate surface area is 169 Å². The second-order valence-corrected chi connectivity index (χ2v) is 7.89. The van der Waals surface area contributed by atoms with Crippen LogP contribution < -0.4 is 5.32 Å². The molecule has 4 rings (SSSR count). The minimum Gasteiger partial charge on any atom is -0.420 e. The van der Waals surface area contributed by atoms with Crippen molar-refractivity contribution in [3.63, 3.8) is 0 Å². The molecule has 3 aromatic heterocycles. The van der Waals surface area contributed by atoms with Gasteiger partial charge in [0.15, 0.2) is 0 Å². The number of nitrogens with one attached hydrogen (secondary N) is 1. The Hall–Kier alpha value is -3.03. The molecule has 29 heavy (non-hydrogen) atoms. The number of hydrogen-bond donors (Lipinski definition) is 1. The van der Waals surface area contributed by atoms with Gasteiger partial charge < -0.3 is 14.3 Å². The van der Waals surface area contributed by atoms with Gasteiger partial charge in [0.1, 0.15) is 0 Å². The van der Waals surface area contributed by atoms with Gasteiger partial charge in [0.2, 0.25) is 17.5 Å². The molecule has 0 aromatic carbocycles. The van der Waals surface area contributed by atoms with Crippen molar-refractivity contribution in [2.75, 3.05) is 6.54 Å². The number of carbonyl (C=O) groups excluding carboxylic acids is 1. The lowest BCUT2D eigenvalue weighted by molar-refractivity contribution is 0.0905. The summed E-state index contributed by atoms with van der Waals surface area (Å²) < 4.78 is 11.0. The van der Waals surface area contributed by atoms with Crippen molar-refractivity contribution in [2.45, 2.75) is 51.4 Å². The van der Waals surface area contributed by atoms with Crippen LogP contribution in [0.1, 0.15) is 73.5 Å². The van der Waals surface area contributed by atoms with Crippen LogP contribution in [0.3, 0.4) is 0 Å². The lowest BCUT2D eigenvalue weighted by atomic mass is 9.82. The second-order valence-electron chi connectivity index (χ2n) is 7.89. The largest absolute Gasteiger partial charge is 0.420 e. The van der Waals surface area contributed by atoms with Crippen LogP contribution in [-0.2, 0) is 0 Å². The number of rotatable bonds is 6. The Morgan fingerprint density at radius 1 is 1.24 bits per heavy atom. The van der Waals surface area contributed by atoms with E-state index in [0.717, 1.165) is 36.9 Å². The van der Waals surface area contributed by atoms with E-state index < -0.39 is 0 Å². The quantitative estimate of drug-likeness (QED) is 0.673. The fourth-order valence-electron chi connectivity index (χ4n) is 3.61. The molecule has 1 fully saturated rings. The Bertz CT molecular complexity index is 942. The minimum atomic E-state index is -0.204. The van der Waals surface area contributed by atoms with Crippen LogP contribution in [0.25, 0.3) is 11.5 Å². The predicted molar refractivity (Wildman–Crippen MR) is 105 cm³/mol. The first-order valence-corrected chi connectivity index (χ1v) is 10.1. The average Bonchev–Trinajstić information content (AvgIpc) is 3.43. The molecule has 1 aliphatic rings. The molecule has 3 aromatic rings. The van der Waals surface area contributed by atoms with Gasteiger partial charge in [0.25, 0.3) is 5.91 Å². The van der Waals surface area contributed by atoms with Gasteiger partial charge in [-0.05, 0) is 49.7 Å². The smallest absolute Gasteiger partial charge is 0.289 e. The van der Waals surface area contributed by atoms with Crippen molar-refractivity contribution < 1.29 is 13.7 Å². The van der Waals surface area contributed by atoms with E-state index in [4.69, 9.17) is 8.94 Å². The lowest BCUT2D eigenvalue weighted by Crippen LogP contribution is -2.30. The number of hydrogen-bond acceptors (Lipinski definition) is 7. The third-order valence-corrected chi connectivity index (χ3v) is 5.44. The summed E-state index contributed by atoms with van der Waals surface area (Å²) in [5, 5.41) is 15.3. The molecule has 1 aliphatic carbocycles. The highest BCUT2D eigenvalue weighted by molar-refractivity contribution is 5.91. The highest BCUT2D eigenvalue weighted by Crippen LogP contribution is 2.35. The first-order valence-electron chi connectivity index (χ1n) is 10.1. The maximum Gasteiger partial charge on any atom is 0.289 e. The highest BCUT2D eigenvalue weighted by Gasteiger charge is 2.27. The summed E-state index contributed by atoms with van der Waals surface area (Å²) in [4.78, 5) is 16.3. The summed E-state index contributed by atoms with van der Waals surface area (Å²) >= 11 is 0. The van der Waals surface area contributed by atoms with Gasteiger partial charge in [-0.1, -0.05) is 19.0 Å². The van der Waals surface area contributed by atoms with Crippen molar-refractivity contribution in [3.05, 3.63) is 47.9 Å². The first kappa shape index (κ1) is 19.3. The zero-order valence-corrected chi connectivity index (χ0v) is 16.7. The number of nitrogens with zero attached hydrogens (tertiary/aromatic N) is 4. The van der Waals surface area contributed by atoms with Gasteiger partial charge in [-0.3, -0.25) is 9.78 Å². The molecule has 3 heterocycles. The van der Waals surface area contributed by atoms with Gasteiger partial charge in [-0.2, -0.15) is 0 Å². The van der Waals surface area contributed by atoms with Gasteiger partial charge in [-0.25, -0.2) is 0 Å². The molecule has 0 atom stereocenters. The summed E-state index contributed by atoms with van der Waals surface area (Å²) in [5.74, 6) is 2.20. The Morgan fingerprint density at radius 3 is 2.76 bits per heavy atom. The average molecular weight is 395 g/mol. The number of carbonyl (C=O) groups is 1. The zero-order chi connectivity index (χ0) is 20.2. The lowest BCUT2D eigenvalue weighted by Gasteiger charge is -2.26. The Morgan fingerprint density at radius 2 is 2.07 bits per heavy atom. The zero-order valence-electron chi connectivity index (χ0n) is 16.7. The van der Waals surface area contributed by atoms with Gasteiger partial charge in [-0.15, -0.1) is 10.2 Å². The van der Waals surface area contributed by atoms with Gasteiger partial charge in [0, 0.05) is 30.9 Å². The van der Waals surface area contributed by atoms with Crippen LogP contribution in [0.5, 0.6) is 0 Å². The Kier molecular flexibility index (Phi) is 5.69. The molecule has 8 nitrogen and oxygen atoms in total. The van der Waals surface area contributed by atoms with Crippen LogP contribution in [0.4, 0.5) is 0 Å². The van der Waals surface area contributed by atoms with Crippen LogP contribution in [0.15, 0.2) is 39.5 Å². The van der Waals surface area contributed by atoms with Crippen LogP contribution in [0.2, 0.25) is 0 Å². The summed E-state index contributed by atoms with van der Waals surface area (Å²) in [5.41, 5.74) is 1.62. The summed E-state index contributed by atoms with van der Waals surface area (Å²) in [6.45, 7) is 4.66. The van der Waals surface area contributed by atoms with E-state index in [0.29, 0.717) is 24.2 Å². The number of amides is 1. The van der Waals surface area contributed by atoms with E-state index >= 15 is 0 Å². The van der Waals surface area contributed by atoms with Crippen LogP contribution in [0, 0.1) is 5.92 Å². The van der Waals surface area contributed by atoms with E-state index in [9.17, 15) is 4.79 Å². The molecule has 0 radical (unpaired) electrons. The van der Waals surface area contributed by atoms with Gasteiger partial charge in [0.05, 0.1) is 11.3 Å². The SMILES string of the molecule is CC(C)c1cc(C(=O)NCC2CCC(c3nnc(-c4cccnc4)o3)CC2)on1. The fourth-order valence-corrected chi connectivity index (χ4v) is 3.61. The van der Waals surface area contributed by atoms with Crippen LogP contribution in [-0.4, -0.2) is 32.8 Å². The maximum absolute atomic E-state index is 12.3. The van der Waals surface area contributed by atoms with Crippen molar-refractivity contribution in [3.8, 4) is 11.5 Å². The number of aromatic nitrogens is 4. The molecule has 1 saturated carbocycles. The monoisotopic (exact) mass is 395 g/mol. The second kappa shape index (κ2) is 8.55. The molecular formula is C21H25N5O3. The normalized spacial score (nSPS) is 19.4. The number of pyridine rings is 1. The summed E-state index contributed by atoms with van der Waals surface area (Å²) in [7, 11) is 0. The molecule has 0 saturated heterocycles. The summed E-state index contributed by atoms with van der Waals surface area (Å²) in [6.07, 6.45) is 7.37. The maximum atomic E-state index is 12.3. The molecular weight excluding hydrogens is 370 g/mol. The van der Waals surface area contributed by atoms with Crippen molar-refractivity contribution >= 4 is 5.91 Å². The van der Waals surface area contributed by atoms with E-state index in [2.05, 4.69) is 25.7 Å². The third kappa shape index (κ3) is 4.52. The third-order valence-electron chi connectivity index (χ3n) is 5.44. The topological polar surface area (TPSA) is 107 Å². The van der Waals surface area contributed by atoms with Gasteiger partial charge >= 0.3 is 0 Å². The predicted octanol–water partition coefficient (Wildman–Crippen LogP) is 3.95. The van der Waals surface area contributed by atoms with E-state index in [1.54, 1.807) is 18.5 Å². The molecule has 1 amide bonds. The first-order chi connectivity index (χ1) is 14.1. The Balaban J connectivity index is 1.26. The van der Waals surface area contributed by atoms with Crippen molar-refractivity contribution in [1.82, 2.24) is 25.7 Å². The molecule has 1 N–H and O–H groups in total. The van der Waals surface area contributed by atoms with Crippen LogP contribution >= 0.6 is 0 Å². The molecule has 152 valence electrons. The van der Waals surface area contributed by atoms with Crippen molar-refractivity contribution in [1.29, 1.82) is 0 Å². The highest BCUT2D eigenvalue weighted by atomic mass is 16.5. The molecule has 8 heteroatoms. The molecule has 0 bridgehead atoms. The fraction of sp³-hybridized carbons (Fsp3) is 0.476. The van der Waals surface area contributed by atoms with E-state index in [1.807, 2.05) is 26.0 Å². The molecule has 0 aliphatic heterocycles. The molecule has 0 unspecified atom stereocenters. The standard InChI is InChI=1S/C21H25N5O3/c1-13(2)17-10-18(29-26-17)19(27)23-11-14-5-7-15(8-6-14)20-24-25-21(28-20)16-4-3-9-22-12-16/h3-4,9-10,12-15H,5-8,11H2,1-2H3,(H,23,27).